The SMILES string of the molecule is CCC(C)(CC)NC(=O)N1CCCCC1C(=O)O. The Labute approximate surface area is 109 Å². The van der Waals surface area contributed by atoms with Crippen molar-refractivity contribution in [2.45, 2.75) is 64.5 Å². The summed E-state index contributed by atoms with van der Waals surface area (Å²) in [5, 5.41) is 12.1. The van der Waals surface area contributed by atoms with E-state index in [9.17, 15) is 9.59 Å². The molecule has 0 aromatic rings. The number of urea groups is 1. The average Bonchev–Trinajstić information content (AvgIpc) is 2.38. The number of hydrogen-bond donors (Lipinski definition) is 2. The van der Waals surface area contributed by atoms with Crippen LogP contribution in [0.15, 0.2) is 0 Å². The van der Waals surface area contributed by atoms with Gasteiger partial charge in [0.25, 0.3) is 0 Å². The van der Waals surface area contributed by atoms with E-state index in [0.717, 1.165) is 25.7 Å². The largest absolute Gasteiger partial charge is 0.480 e. The van der Waals surface area contributed by atoms with Crippen LogP contribution in [-0.2, 0) is 4.79 Å². The predicted octanol–water partition coefficient (Wildman–Crippen LogP) is 2.21. The van der Waals surface area contributed by atoms with Crippen LogP contribution in [0, 0.1) is 0 Å². The van der Waals surface area contributed by atoms with Gasteiger partial charge in [0.1, 0.15) is 6.04 Å². The first-order valence-electron chi connectivity index (χ1n) is 6.75. The highest BCUT2D eigenvalue weighted by molar-refractivity contribution is 5.83. The van der Waals surface area contributed by atoms with Gasteiger partial charge in [-0.05, 0) is 39.0 Å². The van der Waals surface area contributed by atoms with Crippen molar-refractivity contribution in [2.24, 2.45) is 0 Å². The summed E-state index contributed by atoms with van der Waals surface area (Å²) in [4.78, 5) is 24.8. The molecule has 0 aliphatic carbocycles. The minimum Gasteiger partial charge on any atom is -0.480 e. The van der Waals surface area contributed by atoms with Crippen LogP contribution in [0.5, 0.6) is 0 Å². The predicted molar refractivity (Wildman–Crippen MR) is 69.5 cm³/mol. The van der Waals surface area contributed by atoms with Gasteiger partial charge in [0.05, 0.1) is 0 Å². The molecule has 1 atom stereocenters. The summed E-state index contributed by atoms with van der Waals surface area (Å²) in [5.41, 5.74) is -0.252. The second-order valence-electron chi connectivity index (χ2n) is 5.24. The van der Waals surface area contributed by atoms with Crippen molar-refractivity contribution >= 4 is 12.0 Å². The minimum atomic E-state index is -0.903. The van der Waals surface area contributed by atoms with Gasteiger partial charge in [0.2, 0.25) is 0 Å². The molecule has 1 saturated heterocycles. The van der Waals surface area contributed by atoms with Gasteiger partial charge in [0, 0.05) is 12.1 Å². The maximum Gasteiger partial charge on any atom is 0.326 e. The topological polar surface area (TPSA) is 69.6 Å². The fourth-order valence-corrected chi connectivity index (χ4v) is 2.19. The fourth-order valence-electron chi connectivity index (χ4n) is 2.19. The Balaban J connectivity index is 2.72. The lowest BCUT2D eigenvalue weighted by Gasteiger charge is -2.37. The number of aliphatic carboxylic acids is 1. The Kier molecular flexibility index (Phi) is 4.99. The van der Waals surface area contributed by atoms with Crippen molar-refractivity contribution in [3.05, 3.63) is 0 Å². The van der Waals surface area contributed by atoms with Gasteiger partial charge in [-0.25, -0.2) is 9.59 Å². The zero-order chi connectivity index (χ0) is 13.8. The number of nitrogens with one attached hydrogen (secondary N) is 1. The highest BCUT2D eigenvalue weighted by atomic mass is 16.4. The van der Waals surface area contributed by atoms with Crippen molar-refractivity contribution in [3.8, 4) is 0 Å². The summed E-state index contributed by atoms with van der Waals surface area (Å²) in [5.74, 6) is -0.903. The molecule has 5 nitrogen and oxygen atoms in total. The first kappa shape index (κ1) is 14.8. The average molecular weight is 256 g/mol. The normalized spacial score (nSPS) is 20.6. The van der Waals surface area contributed by atoms with Crippen molar-refractivity contribution in [2.75, 3.05) is 6.54 Å². The zero-order valence-electron chi connectivity index (χ0n) is 11.5. The van der Waals surface area contributed by atoms with Crippen LogP contribution < -0.4 is 5.32 Å². The molecule has 0 spiro atoms. The number of amides is 2. The minimum absolute atomic E-state index is 0.242. The number of likely N-dealkylation sites (tertiary alicyclic amines) is 1. The number of piperidine rings is 1. The fraction of sp³-hybridized carbons (Fsp3) is 0.846. The third-order valence-corrected chi connectivity index (χ3v) is 4.02. The smallest absolute Gasteiger partial charge is 0.326 e. The Morgan fingerprint density at radius 2 is 1.94 bits per heavy atom. The van der Waals surface area contributed by atoms with E-state index >= 15 is 0 Å². The molecule has 1 rings (SSSR count). The number of rotatable bonds is 4. The molecule has 0 radical (unpaired) electrons. The number of carboxylic acids is 1. The van der Waals surface area contributed by atoms with Crippen molar-refractivity contribution in [3.63, 3.8) is 0 Å². The van der Waals surface area contributed by atoms with E-state index in [2.05, 4.69) is 5.32 Å². The van der Waals surface area contributed by atoms with E-state index in [1.165, 1.54) is 4.90 Å². The van der Waals surface area contributed by atoms with E-state index < -0.39 is 12.0 Å². The molecule has 1 fully saturated rings. The van der Waals surface area contributed by atoms with Crippen molar-refractivity contribution in [1.29, 1.82) is 0 Å². The number of hydrogen-bond acceptors (Lipinski definition) is 2. The van der Waals surface area contributed by atoms with Crippen LogP contribution in [0.3, 0.4) is 0 Å². The lowest BCUT2D eigenvalue weighted by atomic mass is 9.95. The quantitative estimate of drug-likeness (QED) is 0.810. The van der Waals surface area contributed by atoms with Gasteiger partial charge in [-0.3, -0.25) is 0 Å². The Bertz CT molecular complexity index is 313. The summed E-state index contributed by atoms with van der Waals surface area (Å²) in [7, 11) is 0. The zero-order valence-corrected chi connectivity index (χ0v) is 11.5. The second-order valence-corrected chi connectivity index (χ2v) is 5.24. The molecular weight excluding hydrogens is 232 g/mol. The first-order valence-corrected chi connectivity index (χ1v) is 6.75. The van der Waals surface area contributed by atoms with Crippen LogP contribution in [0.25, 0.3) is 0 Å². The molecule has 2 amide bonds. The molecule has 1 heterocycles. The van der Waals surface area contributed by atoms with E-state index in [0.29, 0.717) is 13.0 Å². The maximum absolute atomic E-state index is 12.2. The molecule has 1 aliphatic heterocycles. The van der Waals surface area contributed by atoms with Crippen LogP contribution in [0.2, 0.25) is 0 Å². The molecular formula is C13H24N2O3. The van der Waals surface area contributed by atoms with Gasteiger partial charge < -0.3 is 15.3 Å². The highest BCUT2D eigenvalue weighted by Crippen LogP contribution is 2.20. The molecule has 0 saturated carbocycles. The van der Waals surface area contributed by atoms with Crippen molar-refractivity contribution < 1.29 is 14.7 Å². The van der Waals surface area contributed by atoms with Gasteiger partial charge in [-0.2, -0.15) is 0 Å². The Morgan fingerprint density at radius 1 is 1.33 bits per heavy atom. The van der Waals surface area contributed by atoms with Crippen LogP contribution in [-0.4, -0.2) is 40.1 Å². The van der Waals surface area contributed by atoms with Gasteiger partial charge in [-0.1, -0.05) is 13.8 Å². The standard InChI is InChI=1S/C13H24N2O3/c1-4-13(3,5-2)14-12(18)15-9-7-6-8-10(15)11(16)17/h10H,4-9H2,1-3H3,(H,14,18)(H,16,17). The molecule has 0 aromatic carbocycles. The van der Waals surface area contributed by atoms with E-state index in [1.54, 1.807) is 0 Å². The summed E-state index contributed by atoms with van der Waals surface area (Å²) >= 11 is 0. The molecule has 104 valence electrons. The first-order chi connectivity index (χ1) is 8.43. The summed E-state index contributed by atoms with van der Waals surface area (Å²) in [6.07, 6.45) is 3.98. The van der Waals surface area contributed by atoms with E-state index in [1.807, 2.05) is 20.8 Å². The molecule has 2 N–H and O–H groups in total. The van der Waals surface area contributed by atoms with Crippen LogP contribution in [0.1, 0.15) is 52.9 Å². The number of carboxylic acid groups (broad SMARTS) is 1. The summed E-state index contributed by atoms with van der Waals surface area (Å²) < 4.78 is 0. The molecule has 0 aromatic heterocycles. The number of carbonyl (C=O) groups is 2. The van der Waals surface area contributed by atoms with E-state index in [4.69, 9.17) is 5.11 Å². The van der Waals surface area contributed by atoms with Gasteiger partial charge in [-0.15, -0.1) is 0 Å². The third kappa shape index (κ3) is 3.37. The van der Waals surface area contributed by atoms with E-state index in [-0.39, 0.29) is 11.6 Å². The lowest BCUT2D eigenvalue weighted by Crippen LogP contribution is -2.56. The second kappa shape index (κ2) is 6.07. The summed E-state index contributed by atoms with van der Waals surface area (Å²) in [6.45, 7) is 6.57. The molecule has 5 heteroatoms. The highest BCUT2D eigenvalue weighted by Gasteiger charge is 2.34. The Morgan fingerprint density at radius 3 is 2.44 bits per heavy atom. The summed E-state index contributed by atoms with van der Waals surface area (Å²) in [6, 6.07) is -0.912. The number of nitrogens with zero attached hydrogens (tertiary/aromatic N) is 1. The monoisotopic (exact) mass is 256 g/mol. The number of carbonyl (C=O) groups excluding carboxylic acids is 1. The van der Waals surface area contributed by atoms with Gasteiger partial charge in [0.15, 0.2) is 0 Å². The van der Waals surface area contributed by atoms with Crippen molar-refractivity contribution in [1.82, 2.24) is 10.2 Å². The maximum atomic E-state index is 12.2. The molecule has 1 unspecified atom stereocenters. The van der Waals surface area contributed by atoms with Crippen LogP contribution in [0.4, 0.5) is 4.79 Å². The molecule has 0 bridgehead atoms. The molecule has 1 aliphatic rings. The lowest BCUT2D eigenvalue weighted by molar-refractivity contribution is -0.143. The Hall–Kier alpha value is -1.26. The van der Waals surface area contributed by atoms with Crippen LogP contribution >= 0.6 is 0 Å². The van der Waals surface area contributed by atoms with Gasteiger partial charge >= 0.3 is 12.0 Å². The molecule has 18 heavy (non-hydrogen) atoms. The third-order valence-electron chi connectivity index (χ3n) is 4.02.